The summed E-state index contributed by atoms with van der Waals surface area (Å²) in [6, 6.07) is 8.82. The van der Waals surface area contributed by atoms with Gasteiger partial charge in [-0.15, -0.1) is 0 Å². The molecule has 2 heterocycles. The predicted octanol–water partition coefficient (Wildman–Crippen LogP) is 3.00. The summed E-state index contributed by atoms with van der Waals surface area (Å²) in [6.45, 7) is 2.90. The van der Waals surface area contributed by atoms with Gasteiger partial charge < -0.3 is 10.2 Å². The smallest absolute Gasteiger partial charge is 0.225 e. The van der Waals surface area contributed by atoms with Crippen LogP contribution in [0, 0.1) is 0 Å². The zero-order chi connectivity index (χ0) is 13.9. The van der Waals surface area contributed by atoms with Gasteiger partial charge in [-0.2, -0.15) is 16.7 Å². The van der Waals surface area contributed by atoms with Gasteiger partial charge in [-0.25, -0.2) is 4.98 Å². The van der Waals surface area contributed by atoms with Crippen LogP contribution in [0.3, 0.4) is 0 Å². The van der Waals surface area contributed by atoms with E-state index in [1.807, 2.05) is 17.8 Å². The molecule has 1 unspecified atom stereocenters. The van der Waals surface area contributed by atoms with Crippen LogP contribution < -0.4 is 10.2 Å². The molecule has 20 heavy (non-hydrogen) atoms. The molecule has 3 rings (SSSR count). The molecule has 0 radical (unpaired) electrons. The van der Waals surface area contributed by atoms with E-state index >= 15 is 0 Å². The van der Waals surface area contributed by atoms with E-state index in [2.05, 4.69) is 47.4 Å². The van der Waals surface area contributed by atoms with Gasteiger partial charge in [0.15, 0.2) is 0 Å². The Morgan fingerprint density at radius 1 is 1.35 bits per heavy atom. The third-order valence-electron chi connectivity index (χ3n) is 3.71. The molecule has 1 fully saturated rings. The second kappa shape index (κ2) is 5.87. The van der Waals surface area contributed by atoms with Crippen LogP contribution in [0.1, 0.15) is 13.3 Å². The standard InChI is InChI=1S/C15H20N4S/c1-3-16-15-17-13-7-5-4-6-12(13)14(18-15)19(2)11-8-9-20-10-11/h4-7,11H,3,8-10H2,1-2H3,(H,16,17,18). The fraction of sp³-hybridized carbons (Fsp3) is 0.467. The van der Waals surface area contributed by atoms with Crippen molar-refractivity contribution in [1.29, 1.82) is 0 Å². The fourth-order valence-corrected chi connectivity index (χ4v) is 3.83. The monoisotopic (exact) mass is 288 g/mol. The lowest BCUT2D eigenvalue weighted by Crippen LogP contribution is -2.32. The van der Waals surface area contributed by atoms with Gasteiger partial charge in [-0.05, 0) is 31.2 Å². The first-order chi connectivity index (χ1) is 9.79. The van der Waals surface area contributed by atoms with E-state index in [9.17, 15) is 0 Å². The molecule has 0 spiro atoms. The molecule has 0 bridgehead atoms. The maximum absolute atomic E-state index is 4.73. The zero-order valence-corrected chi connectivity index (χ0v) is 12.8. The molecular formula is C15H20N4S. The summed E-state index contributed by atoms with van der Waals surface area (Å²) < 4.78 is 0. The van der Waals surface area contributed by atoms with Gasteiger partial charge in [-0.1, -0.05) is 12.1 Å². The van der Waals surface area contributed by atoms with Gasteiger partial charge in [0.1, 0.15) is 5.82 Å². The number of benzene rings is 1. The lowest BCUT2D eigenvalue weighted by Gasteiger charge is -2.26. The van der Waals surface area contributed by atoms with Crippen molar-refractivity contribution < 1.29 is 0 Å². The summed E-state index contributed by atoms with van der Waals surface area (Å²) in [5.41, 5.74) is 1.01. The molecule has 1 aromatic heterocycles. The van der Waals surface area contributed by atoms with Gasteiger partial charge in [-0.3, -0.25) is 0 Å². The maximum atomic E-state index is 4.73. The molecule has 1 aromatic carbocycles. The average molecular weight is 288 g/mol. The molecule has 1 atom stereocenters. The fourth-order valence-electron chi connectivity index (χ4n) is 2.57. The summed E-state index contributed by atoms with van der Waals surface area (Å²) in [6.07, 6.45) is 1.23. The number of hydrogen-bond acceptors (Lipinski definition) is 5. The Labute approximate surface area is 124 Å². The first-order valence-electron chi connectivity index (χ1n) is 7.11. The topological polar surface area (TPSA) is 41.1 Å². The highest BCUT2D eigenvalue weighted by molar-refractivity contribution is 7.99. The van der Waals surface area contributed by atoms with Crippen LogP contribution in [-0.2, 0) is 0 Å². The second-order valence-corrected chi connectivity index (χ2v) is 6.20. The van der Waals surface area contributed by atoms with E-state index in [4.69, 9.17) is 4.98 Å². The van der Waals surface area contributed by atoms with Gasteiger partial charge in [0.2, 0.25) is 5.95 Å². The van der Waals surface area contributed by atoms with E-state index in [-0.39, 0.29) is 0 Å². The highest BCUT2D eigenvalue weighted by atomic mass is 32.2. The van der Waals surface area contributed by atoms with Gasteiger partial charge in [0, 0.05) is 30.8 Å². The number of thioether (sulfide) groups is 1. The summed E-state index contributed by atoms with van der Waals surface area (Å²) in [5, 5.41) is 4.36. The van der Waals surface area contributed by atoms with Gasteiger partial charge >= 0.3 is 0 Å². The van der Waals surface area contributed by atoms with Crippen molar-refractivity contribution in [3.05, 3.63) is 24.3 Å². The van der Waals surface area contributed by atoms with Crippen molar-refractivity contribution in [3.8, 4) is 0 Å². The number of fused-ring (bicyclic) bond motifs is 1. The normalized spacial score (nSPS) is 18.4. The predicted molar refractivity (Wildman–Crippen MR) is 87.8 cm³/mol. The van der Waals surface area contributed by atoms with Crippen molar-refractivity contribution in [1.82, 2.24) is 9.97 Å². The number of aromatic nitrogens is 2. The van der Waals surface area contributed by atoms with Crippen molar-refractivity contribution >= 4 is 34.4 Å². The quantitative estimate of drug-likeness (QED) is 0.936. The number of nitrogens with one attached hydrogen (secondary N) is 1. The van der Waals surface area contributed by atoms with Crippen LogP contribution in [0.4, 0.5) is 11.8 Å². The molecule has 1 N–H and O–H groups in total. The largest absolute Gasteiger partial charge is 0.355 e. The highest BCUT2D eigenvalue weighted by Crippen LogP contribution is 2.30. The van der Waals surface area contributed by atoms with Crippen LogP contribution in [-0.4, -0.2) is 41.1 Å². The van der Waals surface area contributed by atoms with Crippen LogP contribution in [0.25, 0.3) is 10.9 Å². The van der Waals surface area contributed by atoms with Crippen molar-refractivity contribution in [2.24, 2.45) is 0 Å². The molecule has 4 nitrogen and oxygen atoms in total. The van der Waals surface area contributed by atoms with E-state index in [0.29, 0.717) is 6.04 Å². The SMILES string of the molecule is CCNc1nc(N(C)C2CCSC2)c2ccccc2n1. The molecule has 2 aromatic rings. The van der Waals surface area contributed by atoms with E-state index < -0.39 is 0 Å². The van der Waals surface area contributed by atoms with Gasteiger partial charge in [0.25, 0.3) is 0 Å². The summed E-state index contributed by atoms with van der Waals surface area (Å²) >= 11 is 2.02. The highest BCUT2D eigenvalue weighted by Gasteiger charge is 2.23. The molecule has 1 saturated heterocycles. The lowest BCUT2D eigenvalue weighted by molar-refractivity contribution is 0.694. The summed E-state index contributed by atoms with van der Waals surface area (Å²) in [5.74, 6) is 4.20. The number of para-hydroxylation sites is 1. The minimum atomic E-state index is 0.577. The third-order valence-corrected chi connectivity index (χ3v) is 4.85. The average Bonchev–Trinajstić information content (AvgIpc) is 3.00. The molecule has 1 aliphatic heterocycles. The molecule has 0 aliphatic carbocycles. The summed E-state index contributed by atoms with van der Waals surface area (Å²) in [4.78, 5) is 11.6. The molecular weight excluding hydrogens is 268 g/mol. The van der Waals surface area contributed by atoms with E-state index in [1.54, 1.807) is 0 Å². The van der Waals surface area contributed by atoms with Crippen molar-refractivity contribution in [3.63, 3.8) is 0 Å². The summed E-state index contributed by atoms with van der Waals surface area (Å²) in [7, 11) is 2.15. The maximum Gasteiger partial charge on any atom is 0.225 e. The van der Waals surface area contributed by atoms with E-state index in [0.717, 1.165) is 29.2 Å². The zero-order valence-electron chi connectivity index (χ0n) is 12.0. The Kier molecular flexibility index (Phi) is 3.96. The Morgan fingerprint density at radius 2 is 2.20 bits per heavy atom. The van der Waals surface area contributed by atoms with Crippen LogP contribution >= 0.6 is 11.8 Å². The number of nitrogens with zero attached hydrogens (tertiary/aromatic N) is 3. The van der Waals surface area contributed by atoms with Crippen LogP contribution in [0.5, 0.6) is 0 Å². The minimum Gasteiger partial charge on any atom is -0.355 e. The number of rotatable bonds is 4. The first-order valence-corrected chi connectivity index (χ1v) is 8.26. The Bertz CT molecular complexity index is 595. The molecule has 106 valence electrons. The third kappa shape index (κ3) is 2.54. The van der Waals surface area contributed by atoms with Crippen LogP contribution in [0.2, 0.25) is 0 Å². The Hall–Kier alpha value is -1.49. The van der Waals surface area contributed by atoms with Crippen LogP contribution in [0.15, 0.2) is 24.3 Å². The molecule has 1 aliphatic rings. The Balaban J connectivity index is 2.06. The second-order valence-electron chi connectivity index (χ2n) is 5.05. The Morgan fingerprint density at radius 3 is 2.95 bits per heavy atom. The van der Waals surface area contributed by atoms with E-state index in [1.165, 1.54) is 17.9 Å². The lowest BCUT2D eigenvalue weighted by atomic mass is 10.2. The van der Waals surface area contributed by atoms with Crippen molar-refractivity contribution in [2.45, 2.75) is 19.4 Å². The van der Waals surface area contributed by atoms with Crippen molar-refractivity contribution in [2.75, 3.05) is 35.3 Å². The number of anilines is 2. The number of hydrogen-bond donors (Lipinski definition) is 1. The molecule has 5 heteroatoms. The van der Waals surface area contributed by atoms with Gasteiger partial charge in [0.05, 0.1) is 5.52 Å². The minimum absolute atomic E-state index is 0.577. The first kappa shape index (κ1) is 13.5. The molecule has 0 saturated carbocycles. The molecule has 0 amide bonds.